The molecule has 7 heteroatoms. The van der Waals surface area contributed by atoms with E-state index in [1.165, 1.54) is 12.1 Å². The Labute approximate surface area is 146 Å². The zero-order valence-corrected chi connectivity index (χ0v) is 14.6. The number of ketones is 1. The van der Waals surface area contributed by atoms with E-state index in [9.17, 15) is 9.90 Å². The van der Waals surface area contributed by atoms with Gasteiger partial charge in [-0.3, -0.25) is 9.20 Å². The third-order valence-corrected chi connectivity index (χ3v) is 4.31. The van der Waals surface area contributed by atoms with Crippen LogP contribution >= 0.6 is 15.9 Å². The normalized spacial score (nSPS) is 10.8. The molecule has 0 amide bonds. The fourth-order valence-electron chi connectivity index (χ4n) is 2.50. The average molecular weight is 385 g/mol. The van der Waals surface area contributed by atoms with Gasteiger partial charge in [-0.25, -0.2) is 9.97 Å². The molecule has 3 rings (SSSR count). The van der Waals surface area contributed by atoms with E-state index in [2.05, 4.69) is 25.9 Å². The summed E-state index contributed by atoms with van der Waals surface area (Å²) in [6.07, 6.45) is 2.34. The maximum absolute atomic E-state index is 13.0. The number of halogens is 1. The van der Waals surface area contributed by atoms with Gasteiger partial charge in [0.25, 0.3) is 0 Å². The summed E-state index contributed by atoms with van der Waals surface area (Å²) in [6.45, 7) is 3.77. The number of carbonyl (C=O) groups excluding carboxylic acids is 1. The number of rotatable bonds is 3. The Morgan fingerprint density at radius 2 is 2.17 bits per heavy atom. The van der Waals surface area contributed by atoms with E-state index < -0.39 is 0 Å². The topological polar surface area (TPSA) is 91.3 Å². The molecule has 0 fully saturated rings. The molecular weight excluding hydrogens is 372 g/mol. The largest absolute Gasteiger partial charge is 0.505 e. The molecule has 0 atom stereocenters. The average Bonchev–Trinajstić information content (AvgIpc) is 2.93. The van der Waals surface area contributed by atoms with Crippen molar-refractivity contribution in [2.75, 3.05) is 0 Å². The number of fused-ring (bicyclic) bond motifs is 1. The second-order valence-corrected chi connectivity index (χ2v) is 6.15. The summed E-state index contributed by atoms with van der Waals surface area (Å²) in [5.74, 6) is 0.0101. The highest BCUT2D eigenvalue weighted by Crippen LogP contribution is 2.30. The standard InChI is InChI=1S/C17H13BrN4O2/c1-3-13-14(22-5-4-9(2)20-17(22)21-13)16(24)10-6-11(8-19)15(23)12(18)7-10/h4-7,23H,3H2,1-2H3. The number of benzene rings is 1. The van der Waals surface area contributed by atoms with Gasteiger partial charge in [0.15, 0.2) is 0 Å². The first kappa shape index (κ1) is 16.1. The summed E-state index contributed by atoms with van der Waals surface area (Å²) in [6, 6.07) is 6.56. The third kappa shape index (κ3) is 2.55. The summed E-state index contributed by atoms with van der Waals surface area (Å²) in [5.41, 5.74) is 2.21. The molecule has 0 aliphatic carbocycles. The highest BCUT2D eigenvalue weighted by atomic mass is 79.9. The van der Waals surface area contributed by atoms with Gasteiger partial charge < -0.3 is 5.11 Å². The van der Waals surface area contributed by atoms with Gasteiger partial charge in [0, 0.05) is 17.5 Å². The van der Waals surface area contributed by atoms with Crippen LogP contribution in [0.15, 0.2) is 28.9 Å². The van der Waals surface area contributed by atoms with E-state index in [0.29, 0.717) is 33.6 Å². The lowest BCUT2D eigenvalue weighted by Gasteiger charge is -2.06. The van der Waals surface area contributed by atoms with Crippen molar-refractivity contribution in [2.45, 2.75) is 20.3 Å². The summed E-state index contributed by atoms with van der Waals surface area (Å²) in [7, 11) is 0. The molecule has 2 heterocycles. The van der Waals surface area contributed by atoms with Crippen LogP contribution < -0.4 is 0 Å². The molecule has 0 unspecified atom stereocenters. The summed E-state index contributed by atoms with van der Waals surface area (Å²) in [4.78, 5) is 21.8. The van der Waals surface area contributed by atoms with Crippen molar-refractivity contribution >= 4 is 27.5 Å². The molecule has 0 saturated heterocycles. The van der Waals surface area contributed by atoms with Gasteiger partial charge in [-0.1, -0.05) is 6.92 Å². The maximum Gasteiger partial charge on any atom is 0.234 e. The molecule has 0 aliphatic heterocycles. The van der Waals surface area contributed by atoms with Crippen molar-refractivity contribution in [1.82, 2.24) is 14.4 Å². The lowest BCUT2D eigenvalue weighted by molar-refractivity contribution is 0.103. The number of phenols is 1. The minimum atomic E-state index is -0.276. The van der Waals surface area contributed by atoms with Gasteiger partial charge >= 0.3 is 0 Å². The van der Waals surface area contributed by atoms with Crippen LogP contribution in [0.5, 0.6) is 5.75 Å². The first-order valence-electron chi connectivity index (χ1n) is 7.28. The second kappa shape index (κ2) is 6.06. The number of aromatic nitrogens is 3. The lowest BCUT2D eigenvalue weighted by atomic mass is 10.0. The zero-order valence-electron chi connectivity index (χ0n) is 13.0. The molecule has 24 heavy (non-hydrogen) atoms. The Hall–Kier alpha value is -2.72. The number of nitriles is 1. The summed E-state index contributed by atoms with van der Waals surface area (Å²) in [5, 5.41) is 18.9. The van der Waals surface area contributed by atoms with Crippen molar-refractivity contribution in [3.05, 3.63) is 57.1 Å². The van der Waals surface area contributed by atoms with E-state index >= 15 is 0 Å². The van der Waals surface area contributed by atoms with Gasteiger partial charge in [-0.2, -0.15) is 5.26 Å². The third-order valence-electron chi connectivity index (χ3n) is 3.70. The van der Waals surface area contributed by atoms with Crippen LogP contribution in [-0.4, -0.2) is 25.3 Å². The Bertz CT molecular complexity index is 1020. The second-order valence-electron chi connectivity index (χ2n) is 5.29. The van der Waals surface area contributed by atoms with E-state index in [-0.39, 0.29) is 17.1 Å². The van der Waals surface area contributed by atoms with Crippen LogP contribution in [0.1, 0.15) is 39.9 Å². The minimum Gasteiger partial charge on any atom is -0.505 e. The summed E-state index contributed by atoms with van der Waals surface area (Å²) < 4.78 is 1.95. The quantitative estimate of drug-likeness (QED) is 0.700. The van der Waals surface area contributed by atoms with E-state index in [1.807, 2.05) is 19.9 Å². The van der Waals surface area contributed by atoms with Crippen molar-refractivity contribution < 1.29 is 9.90 Å². The number of hydrogen-bond acceptors (Lipinski definition) is 5. The van der Waals surface area contributed by atoms with Crippen LogP contribution in [0.2, 0.25) is 0 Å². The van der Waals surface area contributed by atoms with Crippen LogP contribution in [0.25, 0.3) is 5.78 Å². The molecule has 1 N–H and O–H groups in total. The van der Waals surface area contributed by atoms with E-state index in [1.54, 1.807) is 16.7 Å². The molecule has 120 valence electrons. The Balaban J connectivity index is 2.23. The molecule has 2 aromatic heterocycles. The van der Waals surface area contributed by atoms with Crippen molar-refractivity contribution in [3.63, 3.8) is 0 Å². The first-order chi connectivity index (χ1) is 11.5. The SMILES string of the molecule is CCc1nc2nc(C)ccn2c1C(=O)c1cc(Br)c(O)c(C#N)c1. The van der Waals surface area contributed by atoms with Crippen LogP contribution in [0.4, 0.5) is 0 Å². The van der Waals surface area contributed by atoms with Crippen molar-refractivity contribution in [1.29, 1.82) is 5.26 Å². The lowest BCUT2D eigenvalue weighted by Crippen LogP contribution is -2.09. The van der Waals surface area contributed by atoms with Crippen LogP contribution in [0, 0.1) is 18.3 Å². The van der Waals surface area contributed by atoms with Crippen molar-refractivity contribution in [2.24, 2.45) is 0 Å². The fraction of sp³-hybridized carbons (Fsp3) is 0.176. The predicted molar refractivity (Wildman–Crippen MR) is 91.1 cm³/mol. The molecule has 0 aliphatic rings. The number of nitrogens with zero attached hydrogens (tertiary/aromatic N) is 4. The number of aromatic hydroxyl groups is 1. The Morgan fingerprint density at radius 3 is 2.83 bits per heavy atom. The zero-order chi connectivity index (χ0) is 17.4. The van der Waals surface area contributed by atoms with Crippen LogP contribution in [-0.2, 0) is 6.42 Å². The molecule has 6 nitrogen and oxygen atoms in total. The summed E-state index contributed by atoms with van der Waals surface area (Å²) >= 11 is 3.18. The monoisotopic (exact) mass is 384 g/mol. The first-order valence-corrected chi connectivity index (χ1v) is 8.07. The highest BCUT2D eigenvalue weighted by Gasteiger charge is 2.22. The van der Waals surface area contributed by atoms with Gasteiger partial charge in [0.1, 0.15) is 17.5 Å². The highest BCUT2D eigenvalue weighted by molar-refractivity contribution is 9.10. The van der Waals surface area contributed by atoms with Gasteiger partial charge in [0.05, 0.1) is 15.7 Å². The molecule has 0 spiro atoms. The maximum atomic E-state index is 13.0. The smallest absolute Gasteiger partial charge is 0.234 e. The molecule has 0 radical (unpaired) electrons. The van der Waals surface area contributed by atoms with Gasteiger partial charge in [0.2, 0.25) is 11.6 Å². The number of aryl methyl sites for hydroxylation is 2. The Kier molecular flexibility index (Phi) is 4.08. The predicted octanol–water partition coefficient (Wildman–Crippen LogP) is 3.17. The molecule has 1 aromatic carbocycles. The number of hydrogen-bond donors (Lipinski definition) is 1. The van der Waals surface area contributed by atoms with Gasteiger partial charge in [-0.05, 0) is 47.5 Å². The molecule has 0 saturated carbocycles. The van der Waals surface area contributed by atoms with E-state index in [4.69, 9.17) is 5.26 Å². The minimum absolute atomic E-state index is 0.0357. The molecule has 3 aromatic rings. The number of carbonyl (C=O) groups is 1. The molecular formula is C17H13BrN4O2. The fourth-order valence-corrected chi connectivity index (χ4v) is 2.96. The van der Waals surface area contributed by atoms with E-state index in [0.717, 1.165) is 5.69 Å². The van der Waals surface area contributed by atoms with Crippen LogP contribution in [0.3, 0.4) is 0 Å². The van der Waals surface area contributed by atoms with Crippen molar-refractivity contribution in [3.8, 4) is 11.8 Å². The molecule has 0 bridgehead atoms. The number of phenolic OH excluding ortho intramolecular Hbond substituents is 1. The number of imidazole rings is 1. The Morgan fingerprint density at radius 1 is 1.42 bits per heavy atom. The van der Waals surface area contributed by atoms with Gasteiger partial charge in [-0.15, -0.1) is 0 Å².